The number of halogens is 1. The third kappa shape index (κ3) is 3.78. The molecule has 2 aromatic rings. The second kappa shape index (κ2) is 6.08. The van der Waals surface area contributed by atoms with Gasteiger partial charge in [-0.25, -0.2) is 0 Å². The van der Waals surface area contributed by atoms with Gasteiger partial charge in [0.25, 0.3) is 0 Å². The van der Waals surface area contributed by atoms with Gasteiger partial charge in [-0.3, -0.25) is 0 Å². The lowest BCUT2D eigenvalue weighted by Gasteiger charge is -2.12. The molecule has 0 unspecified atom stereocenters. The maximum Gasteiger partial charge on any atom is 0.146 e. The number of hydrogen-bond acceptors (Lipinski definition) is 2. The van der Waals surface area contributed by atoms with Crippen molar-refractivity contribution in [3.8, 4) is 11.5 Å². The van der Waals surface area contributed by atoms with E-state index in [1.165, 1.54) is 24.0 Å². The molecule has 1 saturated carbocycles. The minimum atomic E-state index is 0.657. The number of rotatable bonds is 5. The molecular weight excluding hydrogens is 282 g/mol. The van der Waals surface area contributed by atoms with Crippen LogP contribution in [0.3, 0.4) is 0 Å². The Kier molecular flexibility index (Phi) is 4.18. The largest absolute Gasteiger partial charge is 0.456 e. The summed E-state index contributed by atoms with van der Waals surface area (Å²) < 4.78 is 5.94. The molecule has 0 spiro atoms. The summed E-state index contributed by atoms with van der Waals surface area (Å²) in [7, 11) is 0. The first-order valence-electron chi connectivity index (χ1n) is 7.39. The highest BCUT2D eigenvalue weighted by Crippen LogP contribution is 2.32. The first-order chi connectivity index (χ1) is 10.1. The van der Waals surface area contributed by atoms with Gasteiger partial charge in [-0.1, -0.05) is 35.4 Å². The zero-order valence-corrected chi connectivity index (χ0v) is 13.2. The van der Waals surface area contributed by atoms with Crippen molar-refractivity contribution in [2.24, 2.45) is 0 Å². The molecule has 3 rings (SSSR count). The standard InChI is InChI=1S/C18H20ClNO/c1-12-3-7-17(13(2)9-12)21-18-8-4-14(10-16(18)19)11-20-15-5-6-15/h3-4,7-10,15,20H,5-6,11H2,1-2H3. The molecule has 0 bridgehead atoms. The average molecular weight is 302 g/mol. The lowest BCUT2D eigenvalue weighted by atomic mass is 10.1. The van der Waals surface area contributed by atoms with Gasteiger partial charge in [0.1, 0.15) is 11.5 Å². The number of hydrogen-bond donors (Lipinski definition) is 1. The van der Waals surface area contributed by atoms with Gasteiger partial charge in [0, 0.05) is 12.6 Å². The second-order valence-electron chi connectivity index (χ2n) is 5.79. The van der Waals surface area contributed by atoms with Crippen LogP contribution in [0.5, 0.6) is 11.5 Å². The van der Waals surface area contributed by atoms with Gasteiger partial charge in [-0.2, -0.15) is 0 Å². The van der Waals surface area contributed by atoms with Crippen molar-refractivity contribution in [1.29, 1.82) is 0 Å². The highest BCUT2D eigenvalue weighted by atomic mass is 35.5. The van der Waals surface area contributed by atoms with E-state index < -0.39 is 0 Å². The molecule has 1 aliphatic rings. The van der Waals surface area contributed by atoms with Crippen molar-refractivity contribution in [2.75, 3.05) is 0 Å². The molecule has 0 aromatic heterocycles. The van der Waals surface area contributed by atoms with Crippen molar-refractivity contribution in [3.05, 3.63) is 58.1 Å². The third-order valence-corrected chi connectivity index (χ3v) is 4.01. The van der Waals surface area contributed by atoms with E-state index in [-0.39, 0.29) is 0 Å². The first-order valence-corrected chi connectivity index (χ1v) is 7.76. The van der Waals surface area contributed by atoms with Crippen molar-refractivity contribution in [3.63, 3.8) is 0 Å². The second-order valence-corrected chi connectivity index (χ2v) is 6.20. The van der Waals surface area contributed by atoms with Gasteiger partial charge in [-0.05, 0) is 56.0 Å². The molecule has 21 heavy (non-hydrogen) atoms. The first kappa shape index (κ1) is 14.4. The monoisotopic (exact) mass is 301 g/mol. The Morgan fingerprint density at radius 3 is 2.52 bits per heavy atom. The summed E-state index contributed by atoms with van der Waals surface area (Å²) >= 11 is 6.34. The van der Waals surface area contributed by atoms with E-state index in [2.05, 4.69) is 24.4 Å². The lowest BCUT2D eigenvalue weighted by molar-refractivity contribution is 0.478. The predicted molar refractivity (Wildman–Crippen MR) is 87.3 cm³/mol. The molecule has 0 radical (unpaired) electrons. The SMILES string of the molecule is Cc1ccc(Oc2ccc(CNC3CC3)cc2Cl)c(C)c1. The predicted octanol–water partition coefficient (Wildman–Crippen LogP) is 5.00. The quantitative estimate of drug-likeness (QED) is 0.839. The summed E-state index contributed by atoms with van der Waals surface area (Å²) in [6.45, 7) is 4.99. The van der Waals surface area contributed by atoms with E-state index in [0.29, 0.717) is 16.8 Å². The van der Waals surface area contributed by atoms with Gasteiger partial charge >= 0.3 is 0 Å². The van der Waals surface area contributed by atoms with Crippen molar-refractivity contribution in [1.82, 2.24) is 5.32 Å². The molecule has 0 saturated heterocycles. The van der Waals surface area contributed by atoms with Crippen molar-refractivity contribution in [2.45, 2.75) is 39.3 Å². The number of ether oxygens (including phenoxy) is 1. The fourth-order valence-electron chi connectivity index (χ4n) is 2.32. The van der Waals surface area contributed by atoms with Crippen LogP contribution >= 0.6 is 11.6 Å². The van der Waals surface area contributed by atoms with Crippen LogP contribution in [0.15, 0.2) is 36.4 Å². The molecule has 0 heterocycles. The molecule has 0 atom stereocenters. The third-order valence-electron chi connectivity index (χ3n) is 3.72. The summed E-state index contributed by atoms with van der Waals surface area (Å²) in [6, 6.07) is 12.8. The van der Waals surface area contributed by atoms with Gasteiger partial charge in [0.15, 0.2) is 0 Å². The highest BCUT2D eigenvalue weighted by Gasteiger charge is 2.20. The maximum atomic E-state index is 6.34. The van der Waals surface area contributed by atoms with Crippen molar-refractivity contribution >= 4 is 11.6 Å². The van der Waals surface area contributed by atoms with E-state index in [0.717, 1.165) is 17.9 Å². The Labute approximate surface area is 131 Å². The van der Waals surface area contributed by atoms with Gasteiger partial charge in [0.2, 0.25) is 0 Å². The molecule has 110 valence electrons. The molecule has 1 fully saturated rings. The minimum Gasteiger partial charge on any atom is -0.456 e. The molecule has 2 nitrogen and oxygen atoms in total. The van der Waals surface area contributed by atoms with Gasteiger partial charge < -0.3 is 10.1 Å². The number of nitrogens with one attached hydrogen (secondary N) is 1. The molecular formula is C18H20ClNO. The molecule has 3 heteroatoms. The summed E-state index contributed by atoms with van der Waals surface area (Å²) in [4.78, 5) is 0. The maximum absolute atomic E-state index is 6.34. The van der Waals surface area contributed by atoms with E-state index in [1.54, 1.807) is 0 Å². The van der Waals surface area contributed by atoms with Crippen LogP contribution in [-0.4, -0.2) is 6.04 Å². The number of aryl methyl sites for hydroxylation is 2. The van der Waals surface area contributed by atoms with Crippen LogP contribution in [0.1, 0.15) is 29.5 Å². The Morgan fingerprint density at radius 1 is 1.10 bits per heavy atom. The normalized spacial score (nSPS) is 14.2. The molecule has 1 N–H and O–H groups in total. The van der Waals surface area contributed by atoms with E-state index in [9.17, 15) is 0 Å². The lowest BCUT2D eigenvalue weighted by Crippen LogP contribution is -2.15. The fraction of sp³-hybridized carbons (Fsp3) is 0.333. The summed E-state index contributed by atoms with van der Waals surface area (Å²) in [5.41, 5.74) is 3.54. The zero-order valence-electron chi connectivity index (χ0n) is 12.4. The van der Waals surface area contributed by atoms with Gasteiger partial charge in [-0.15, -0.1) is 0 Å². The Morgan fingerprint density at radius 2 is 1.86 bits per heavy atom. The summed E-state index contributed by atoms with van der Waals surface area (Å²) in [5, 5.41) is 4.14. The molecule has 1 aliphatic carbocycles. The van der Waals surface area contributed by atoms with E-state index in [4.69, 9.17) is 16.3 Å². The zero-order chi connectivity index (χ0) is 14.8. The smallest absolute Gasteiger partial charge is 0.146 e. The molecule has 2 aromatic carbocycles. The van der Waals surface area contributed by atoms with Crippen LogP contribution in [0, 0.1) is 13.8 Å². The Bertz CT molecular complexity index is 650. The van der Waals surface area contributed by atoms with Gasteiger partial charge in [0.05, 0.1) is 5.02 Å². The fourth-order valence-corrected chi connectivity index (χ4v) is 2.56. The van der Waals surface area contributed by atoms with Crippen LogP contribution < -0.4 is 10.1 Å². The summed E-state index contributed by atoms with van der Waals surface area (Å²) in [6.07, 6.45) is 2.59. The highest BCUT2D eigenvalue weighted by molar-refractivity contribution is 6.32. The van der Waals surface area contributed by atoms with Crippen LogP contribution in [-0.2, 0) is 6.54 Å². The topological polar surface area (TPSA) is 21.3 Å². The molecule has 0 amide bonds. The minimum absolute atomic E-state index is 0.657. The Hall–Kier alpha value is -1.51. The summed E-state index contributed by atoms with van der Waals surface area (Å²) in [5.74, 6) is 1.56. The number of benzene rings is 2. The molecule has 0 aliphatic heterocycles. The van der Waals surface area contributed by atoms with Crippen LogP contribution in [0.4, 0.5) is 0 Å². The van der Waals surface area contributed by atoms with E-state index in [1.807, 2.05) is 31.2 Å². The Balaban J connectivity index is 1.72. The van der Waals surface area contributed by atoms with Crippen LogP contribution in [0.25, 0.3) is 0 Å². The van der Waals surface area contributed by atoms with E-state index >= 15 is 0 Å². The van der Waals surface area contributed by atoms with Crippen LogP contribution in [0.2, 0.25) is 5.02 Å². The van der Waals surface area contributed by atoms with Crippen molar-refractivity contribution < 1.29 is 4.74 Å². The average Bonchev–Trinajstić information content (AvgIpc) is 3.26.